The van der Waals surface area contributed by atoms with E-state index in [0.29, 0.717) is 0 Å². The third-order valence-corrected chi connectivity index (χ3v) is 6.69. The van der Waals surface area contributed by atoms with Crippen LogP contribution in [-0.2, 0) is 12.8 Å². The molecule has 0 radical (unpaired) electrons. The Labute approximate surface area is 180 Å². The highest BCUT2D eigenvalue weighted by atomic mass is 79.9. The van der Waals surface area contributed by atoms with Gasteiger partial charge in [-0.2, -0.15) is 0 Å². The van der Waals surface area contributed by atoms with Crippen molar-refractivity contribution in [3.63, 3.8) is 0 Å². The molecule has 5 aromatic carbocycles. The molecule has 1 aliphatic carbocycles. The minimum Gasteiger partial charge on any atom is -0.0616 e. The van der Waals surface area contributed by atoms with Crippen LogP contribution in [0.2, 0.25) is 0 Å². The lowest BCUT2D eigenvalue weighted by atomic mass is 9.86. The second kappa shape index (κ2) is 8.00. The summed E-state index contributed by atoms with van der Waals surface area (Å²) in [7, 11) is 0. The highest BCUT2D eigenvalue weighted by molar-refractivity contribution is 9.10. The average Bonchev–Trinajstić information content (AvgIpc) is 2.79. The molecule has 0 unspecified atom stereocenters. The standard InChI is InChI=1S/C18H16.C10H7Br/c1-3-7-15-13(5-1)9-11-18-16-8-4-2-6-14(16)10-12-17(15)18;11-10-7-3-5-8-4-1-2-6-9(8)10/h1,3,5,7,9-12H,2,4,6,8H2;1-7H. The molecule has 0 amide bonds. The maximum absolute atomic E-state index is 3.50. The second-order valence-corrected chi connectivity index (χ2v) is 8.61. The highest BCUT2D eigenvalue weighted by Crippen LogP contribution is 2.33. The maximum atomic E-state index is 3.50. The minimum absolute atomic E-state index is 1.16. The lowest BCUT2D eigenvalue weighted by Gasteiger charge is -2.18. The highest BCUT2D eigenvalue weighted by Gasteiger charge is 2.13. The minimum atomic E-state index is 1.16. The van der Waals surface area contributed by atoms with E-state index >= 15 is 0 Å². The smallest absolute Gasteiger partial charge is 0.0253 e. The van der Waals surface area contributed by atoms with Crippen molar-refractivity contribution in [3.05, 3.63) is 107 Å². The van der Waals surface area contributed by atoms with Gasteiger partial charge in [0, 0.05) is 4.47 Å². The first-order chi connectivity index (χ1) is 14.3. The number of rotatable bonds is 0. The Kier molecular flexibility index (Phi) is 5.08. The van der Waals surface area contributed by atoms with Crippen LogP contribution in [0.25, 0.3) is 32.3 Å². The van der Waals surface area contributed by atoms with E-state index in [9.17, 15) is 0 Å². The second-order valence-electron chi connectivity index (χ2n) is 7.75. The lowest BCUT2D eigenvalue weighted by molar-refractivity contribution is 0.690. The van der Waals surface area contributed by atoms with Crippen molar-refractivity contribution in [1.82, 2.24) is 0 Å². The summed E-state index contributed by atoms with van der Waals surface area (Å²) in [5.74, 6) is 0. The fourth-order valence-electron chi connectivity index (χ4n) is 4.53. The van der Waals surface area contributed by atoms with E-state index in [-0.39, 0.29) is 0 Å². The van der Waals surface area contributed by atoms with Crippen molar-refractivity contribution in [2.75, 3.05) is 0 Å². The molecule has 0 nitrogen and oxygen atoms in total. The van der Waals surface area contributed by atoms with Crippen LogP contribution in [-0.4, -0.2) is 0 Å². The van der Waals surface area contributed by atoms with E-state index in [0.717, 1.165) is 4.47 Å². The van der Waals surface area contributed by atoms with Crippen molar-refractivity contribution in [2.24, 2.45) is 0 Å². The molecule has 0 fully saturated rings. The molecule has 29 heavy (non-hydrogen) atoms. The van der Waals surface area contributed by atoms with E-state index in [2.05, 4.69) is 94.8 Å². The van der Waals surface area contributed by atoms with E-state index in [1.807, 2.05) is 12.1 Å². The Balaban J connectivity index is 0.000000142. The van der Waals surface area contributed by atoms with Gasteiger partial charge in [0.1, 0.15) is 0 Å². The Morgan fingerprint density at radius 3 is 1.97 bits per heavy atom. The fourth-order valence-corrected chi connectivity index (χ4v) is 5.04. The molecule has 0 bridgehead atoms. The number of benzene rings is 5. The Morgan fingerprint density at radius 2 is 1.14 bits per heavy atom. The van der Waals surface area contributed by atoms with Crippen LogP contribution < -0.4 is 0 Å². The van der Waals surface area contributed by atoms with Crippen LogP contribution in [0.3, 0.4) is 0 Å². The fraction of sp³-hybridized carbons (Fsp3) is 0.143. The normalized spacial score (nSPS) is 13.1. The molecular formula is C28H23Br. The summed E-state index contributed by atoms with van der Waals surface area (Å²) in [6, 6.07) is 32.5. The summed E-state index contributed by atoms with van der Waals surface area (Å²) >= 11 is 3.50. The predicted octanol–water partition coefficient (Wildman–Crippen LogP) is 8.47. The van der Waals surface area contributed by atoms with Crippen molar-refractivity contribution < 1.29 is 0 Å². The van der Waals surface area contributed by atoms with Gasteiger partial charge in [-0.3, -0.25) is 0 Å². The zero-order valence-corrected chi connectivity index (χ0v) is 18.0. The molecule has 5 aromatic rings. The van der Waals surface area contributed by atoms with Gasteiger partial charge < -0.3 is 0 Å². The van der Waals surface area contributed by atoms with Crippen LogP contribution in [0.5, 0.6) is 0 Å². The van der Waals surface area contributed by atoms with Gasteiger partial charge in [0.25, 0.3) is 0 Å². The first-order valence-electron chi connectivity index (χ1n) is 10.4. The molecule has 6 rings (SSSR count). The molecule has 0 saturated heterocycles. The molecule has 0 spiro atoms. The van der Waals surface area contributed by atoms with Crippen molar-refractivity contribution in [2.45, 2.75) is 25.7 Å². The monoisotopic (exact) mass is 438 g/mol. The summed E-state index contributed by atoms with van der Waals surface area (Å²) < 4.78 is 1.16. The van der Waals surface area contributed by atoms with E-state index < -0.39 is 0 Å². The van der Waals surface area contributed by atoms with Gasteiger partial charge in [0.15, 0.2) is 0 Å². The average molecular weight is 439 g/mol. The Morgan fingerprint density at radius 1 is 0.483 bits per heavy atom. The number of hydrogen-bond donors (Lipinski definition) is 0. The number of fused-ring (bicyclic) bond motifs is 6. The molecular weight excluding hydrogens is 416 g/mol. The number of aryl methyl sites for hydroxylation is 2. The molecule has 0 heterocycles. The first-order valence-corrected chi connectivity index (χ1v) is 11.2. The van der Waals surface area contributed by atoms with Gasteiger partial charge in [-0.05, 0) is 75.2 Å². The summed E-state index contributed by atoms with van der Waals surface area (Å²) in [6.07, 6.45) is 5.22. The van der Waals surface area contributed by atoms with Gasteiger partial charge in [0.2, 0.25) is 0 Å². The first kappa shape index (κ1) is 18.4. The quantitative estimate of drug-likeness (QED) is 0.212. The molecule has 0 saturated carbocycles. The summed E-state index contributed by atoms with van der Waals surface area (Å²) in [5, 5.41) is 8.20. The van der Waals surface area contributed by atoms with E-state index in [1.54, 1.807) is 11.1 Å². The maximum Gasteiger partial charge on any atom is 0.0253 e. The van der Waals surface area contributed by atoms with E-state index in [4.69, 9.17) is 0 Å². The van der Waals surface area contributed by atoms with E-state index in [1.165, 1.54) is 58.0 Å². The third-order valence-electron chi connectivity index (χ3n) is 5.99. The third kappa shape index (κ3) is 3.56. The zero-order chi connectivity index (χ0) is 19.6. The van der Waals surface area contributed by atoms with Gasteiger partial charge in [-0.25, -0.2) is 0 Å². The van der Waals surface area contributed by atoms with Gasteiger partial charge >= 0.3 is 0 Å². The zero-order valence-electron chi connectivity index (χ0n) is 16.4. The molecule has 1 heteroatoms. The number of hydrogen-bond acceptors (Lipinski definition) is 0. The SMILES string of the molecule is Brc1cccc2ccccc12.c1ccc2c(c1)ccc1c3c(ccc12)CCCC3. The lowest BCUT2D eigenvalue weighted by Crippen LogP contribution is -2.02. The van der Waals surface area contributed by atoms with Crippen LogP contribution in [0.1, 0.15) is 24.0 Å². The van der Waals surface area contributed by atoms with Crippen LogP contribution in [0.4, 0.5) is 0 Å². The summed E-state index contributed by atoms with van der Waals surface area (Å²) in [5.41, 5.74) is 3.17. The van der Waals surface area contributed by atoms with Crippen LogP contribution in [0.15, 0.2) is 95.5 Å². The molecule has 142 valence electrons. The van der Waals surface area contributed by atoms with Crippen LogP contribution in [0, 0.1) is 0 Å². The number of halogens is 1. The predicted molar refractivity (Wildman–Crippen MR) is 130 cm³/mol. The van der Waals surface area contributed by atoms with Crippen molar-refractivity contribution >= 4 is 48.2 Å². The Bertz CT molecular complexity index is 1310. The molecule has 0 N–H and O–H groups in total. The topological polar surface area (TPSA) is 0 Å². The summed E-state index contributed by atoms with van der Waals surface area (Å²) in [6.45, 7) is 0. The molecule has 1 aliphatic rings. The van der Waals surface area contributed by atoms with Gasteiger partial charge in [-0.15, -0.1) is 0 Å². The van der Waals surface area contributed by atoms with Crippen molar-refractivity contribution in [3.8, 4) is 0 Å². The molecule has 0 atom stereocenters. The van der Waals surface area contributed by atoms with Crippen molar-refractivity contribution in [1.29, 1.82) is 0 Å². The van der Waals surface area contributed by atoms with Gasteiger partial charge in [-0.1, -0.05) is 101 Å². The molecule has 0 aliphatic heterocycles. The Hall–Kier alpha value is -2.64. The largest absolute Gasteiger partial charge is 0.0616 e. The molecule has 0 aromatic heterocycles. The van der Waals surface area contributed by atoms with Gasteiger partial charge in [0.05, 0.1) is 0 Å². The van der Waals surface area contributed by atoms with Crippen LogP contribution >= 0.6 is 15.9 Å². The summed E-state index contributed by atoms with van der Waals surface area (Å²) in [4.78, 5) is 0.